The van der Waals surface area contributed by atoms with Gasteiger partial charge in [-0.25, -0.2) is 4.39 Å². The maximum atomic E-state index is 13.3. The van der Waals surface area contributed by atoms with Crippen molar-refractivity contribution in [1.82, 2.24) is 0 Å². The van der Waals surface area contributed by atoms with E-state index in [1.807, 2.05) is 6.92 Å². The molecule has 1 aromatic carbocycles. The van der Waals surface area contributed by atoms with Crippen LogP contribution in [0.15, 0.2) is 12.1 Å². The summed E-state index contributed by atoms with van der Waals surface area (Å²) in [5.41, 5.74) is 2.85. The van der Waals surface area contributed by atoms with E-state index in [1.165, 1.54) is 0 Å². The summed E-state index contributed by atoms with van der Waals surface area (Å²) in [7, 11) is 0. The second-order valence-corrected chi connectivity index (χ2v) is 3.31. The van der Waals surface area contributed by atoms with Crippen LogP contribution < -0.4 is 5.32 Å². The van der Waals surface area contributed by atoms with Crippen molar-refractivity contribution in [2.75, 3.05) is 11.9 Å². The molecule has 0 aromatic heterocycles. The Labute approximate surface area is 71.6 Å². The Kier molecular flexibility index (Phi) is 1.75. The van der Waals surface area contributed by atoms with E-state index in [4.69, 9.17) is 0 Å². The number of anilines is 1. The summed E-state index contributed by atoms with van der Waals surface area (Å²) < 4.78 is 13.3. The number of aryl methyl sites for hydroxylation is 2. The van der Waals surface area contributed by atoms with E-state index in [-0.39, 0.29) is 5.82 Å². The van der Waals surface area contributed by atoms with E-state index in [0.717, 1.165) is 30.5 Å². The molecule has 0 saturated heterocycles. The van der Waals surface area contributed by atoms with Gasteiger partial charge in [-0.15, -0.1) is 0 Å². The summed E-state index contributed by atoms with van der Waals surface area (Å²) in [6.45, 7) is 2.82. The molecule has 2 rings (SSSR count). The second kappa shape index (κ2) is 2.77. The second-order valence-electron chi connectivity index (χ2n) is 3.31. The quantitative estimate of drug-likeness (QED) is 0.622. The minimum Gasteiger partial charge on any atom is -0.382 e. The highest BCUT2D eigenvalue weighted by atomic mass is 19.1. The lowest BCUT2D eigenvalue weighted by Crippen LogP contribution is -2.13. The number of nitrogens with one attached hydrogen (secondary N) is 1. The number of rotatable bonds is 0. The molecule has 1 aliphatic heterocycles. The first-order chi connectivity index (χ1) is 5.77. The highest BCUT2D eigenvalue weighted by Gasteiger charge is 2.12. The average Bonchev–Trinajstić information content (AvgIpc) is 2.04. The summed E-state index contributed by atoms with van der Waals surface area (Å²) in [5.74, 6) is -0.107. The van der Waals surface area contributed by atoms with Gasteiger partial charge in [0.2, 0.25) is 0 Å². The lowest BCUT2D eigenvalue weighted by atomic mass is 10.0. The molecule has 0 fully saturated rings. The van der Waals surface area contributed by atoms with Crippen LogP contribution in [0.5, 0.6) is 0 Å². The Morgan fingerprint density at radius 2 is 2.25 bits per heavy atom. The van der Waals surface area contributed by atoms with Crippen molar-refractivity contribution >= 4 is 5.69 Å². The zero-order valence-corrected chi connectivity index (χ0v) is 7.15. The molecule has 1 N–H and O–H groups in total. The Bertz CT molecular complexity index is 307. The van der Waals surface area contributed by atoms with Gasteiger partial charge in [-0.3, -0.25) is 0 Å². The SMILES string of the molecule is Cc1cc(F)c2c(c1)CCCN2. The third kappa shape index (κ3) is 1.17. The van der Waals surface area contributed by atoms with E-state index < -0.39 is 0 Å². The first-order valence-electron chi connectivity index (χ1n) is 4.30. The van der Waals surface area contributed by atoms with Gasteiger partial charge >= 0.3 is 0 Å². The molecule has 0 bridgehead atoms. The van der Waals surface area contributed by atoms with Crippen LogP contribution in [0.3, 0.4) is 0 Å². The van der Waals surface area contributed by atoms with Crippen LogP contribution in [0, 0.1) is 12.7 Å². The maximum Gasteiger partial charge on any atom is 0.146 e. The van der Waals surface area contributed by atoms with Crippen molar-refractivity contribution in [3.05, 3.63) is 29.1 Å². The minimum atomic E-state index is -0.107. The van der Waals surface area contributed by atoms with Gasteiger partial charge in [0.25, 0.3) is 0 Å². The van der Waals surface area contributed by atoms with Crippen molar-refractivity contribution in [3.63, 3.8) is 0 Å². The molecular weight excluding hydrogens is 153 g/mol. The van der Waals surface area contributed by atoms with E-state index >= 15 is 0 Å². The van der Waals surface area contributed by atoms with Crippen LogP contribution in [0.1, 0.15) is 17.5 Å². The fourth-order valence-electron chi connectivity index (χ4n) is 1.70. The van der Waals surface area contributed by atoms with Crippen LogP contribution in [-0.4, -0.2) is 6.54 Å². The van der Waals surface area contributed by atoms with Crippen molar-refractivity contribution in [2.24, 2.45) is 0 Å². The monoisotopic (exact) mass is 165 g/mol. The molecule has 0 unspecified atom stereocenters. The van der Waals surface area contributed by atoms with Crippen molar-refractivity contribution in [1.29, 1.82) is 0 Å². The highest BCUT2D eigenvalue weighted by Crippen LogP contribution is 2.26. The number of fused-ring (bicyclic) bond motifs is 1. The lowest BCUT2D eigenvalue weighted by Gasteiger charge is -2.18. The van der Waals surface area contributed by atoms with E-state index in [0.29, 0.717) is 5.69 Å². The molecule has 0 saturated carbocycles. The van der Waals surface area contributed by atoms with Gasteiger partial charge in [0.1, 0.15) is 5.82 Å². The Morgan fingerprint density at radius 3 is 3.08 bits per heavy atom. The highest BCUT2D eigenvalue weighted by molar-refractivity contribution is 5.55. The molecule has 1 aromatic rings. The van der Waals surface area contributed by atoms with Gasteiger partial charge in [-0.05, 0) is 37.0 Å². The zero-order chi connectivity index (χ0) is 8.55. The first kappa shape index (κ1) is 7.59. The Balaban J connectivity index is 2.53. The summed E-state index contributed by atoms with van der Waals surface area (Å²) in [6, 6.07) is 3.64. The molecule has 1 heterocycles. The van der Waals surface area contributed by atoms with Gasteiger partial charge in [0.05, 0.1) is 5.69 Å². The van der Waals surface area contributed by atoms with Crippen LogP contribution in [0.25, 0.3) is 0 Å². The normalized spacial score (nSPS) is 15.2. The number of halogens is 1. The molecular formula is C10H12FN. The van der Waals surface area contributed by atoms with Crippen molar-refractivity contribution in [2.45, 2.75) is 19.8 Å². The van der Waals surface area contributed by atoms with Crippen LogP contribution in [0.4, 0.5) is 10.1 Å². The fraction of sp³-hybridized carbons (Fsp3) is 0.400. The summed E-state index contributed by atoms with van der Waals surface area (Å²) in [5, 5.41) is 3.08. The molecule has 1 aliphatic rings. The summed E-state index contributed by atoms with van der Waals surface area (Å²) in [4.78, 5) is 0. The molecule has 2 heteroatoms. The lowest BCUT2D eigenvalue weighted by molar-refractivity contribution is 0.621. The predicted octanol–water partition coefficient (Wildman–Crippen LogP) is 2.49. The van der Waals surface area contributed by atoms with E-state index in [2.05, 4.69) is 11.4 Å². The standard InChI is InChI=1S/C10H12FN/c1-7-5-8-3-2-4-12-10(8)9(11)6-7/h5-6,12H,2-4H2,1H3. The molecule has 12 heavy (non-hydrogen) atoms. The van der Waals surface area contributed by atoms with E-state index in [1.54, 1.807) is 6.07 Å². The number of hydrogen-bond donors (Lipinski definition) is 1. The number of benzene rings is 1. The third-order valence-corrected chi connectivity index (χ3v) is 2.24. The van der Waals surface area contributed by atoms with Gasteiger partial charge in [-0.1, -0.05) is 6.07 Å². The number of hydrogen-bond acceptors (Lipinski definition) is 1. The molecule has 64 valence electrons. The van der Waals surface area contributed by atoms with Gasteiger partial charge in [0, 0.05) is 6.54 Å². The van der Waals surface area contributed by atoms with E-state index in [9.17, 15) is 4.39 Å². The smallest absolute Gasteiger partial charge is 0.146 e. The molecule has 0 aliphatic carbocycles. The minimum absolute atomic E-state index is 0.107. The predicted molar refractivity (Wildman–Crippen MR) is 47.9 cm³/mol. The summed E-state index contributed by atoms with van der Waals surface area (Å²) >= 11 is 0. The molecule has 1 nitrogen and oxygen atoms in total. The Morgan fingerprint density at radius 1 is 1.42 bits per heavy atom. The fourth-order valence-corrected chi connectivity index (χ4v) is 1.70. The third-order valence-electron chi connectivity index (χ3n) is 2.24. The van der Waals surface area contributed by atoms with Gasteiger partial charge in [-0.2, -0.15) is 0 Å². The Hall–Kier alpha value is -1.05. The van der Waals surface area contributed by atoms with Gasteiger partial charge in [0.15, 0.2) is 0 Å². The maximum absolute atomic E-state index is 13.3. The zero-order valence-electron chi connectivity index (χ0n) is 7.15. The van der Waals surface area contributed by atoms with Crippen LogP contribution in [0.2, 0.25) is 0 Å². The first-order valence-corrected chi connectivity index (χ1v) is 4.30. The molecule has 0 radical (unpaired) electrons. The van der Waals surface area contributed by atoms with Crippen LogP contribution >= 0.6 is 0 Å². The largest absolute Gasteiger partial charge is 0.382 e. The van der Waals surface area contributed by atoms with Crippen molar-refractivity contribution < 1.29 is 4.39 Å². The van der Waals surface area contributed by atoms with Gasteiger partial charge < -0.3 is 5.32 Å². The van der Waals surface area contributed by atoms with Crippen LogP contribution in [-0.2, 0) is 6.42 Å². The van der Waals surface area contributed by atoms with Crippen molar-refractivity contribution in [3.8, 4) is 0 Å². The molecule has 0 spiro atoms. The molecule has 0 atom stereocenters. The molecule has 0 amide bonds. The summed E-state index contributed by atoms with van der Waals surface area (Å²) in [6.07, 6.45) is 2.11. The average molecular weight is 165 g/mol. The topological polar surface area (TPSA) is 12.0 Å².